The van der Waals surface area contributed by atoms with E-state index in [1.807, 2.05) is 24.3 Å². The number of para-hydroxylation sites is 1. The van der Waals surface area contributed by atoms with Crippen LogP contribution in [-0.2, 0) is 57.6 Å². The van der Waals surface area contributed by atoms with Crippen molar-refractivity contribution in [1.82, 2.24) is 41.8 Å². The number of aliphatic hydroxyl groups is 2. The number of nitrogens with two attached hydrogens (primary N) is 3. The lowest BCUT2D eigenvalue weighted by molar-refractivity contribution is -0.143. The maximum absolute atomic E-state index is 15.1. The van der Waals surface area contributed by atoms with E-state index in [0.717, 1.165) is 32.5 Å². The van der Waals surface area contributed by atoms with Gasteiger partial charge in [-0.2, -0.15) is 0 Å². The molecule has 22 nitrogen and oxygen atoms in total. The van der Waals surface area contributed by atoms with E-state index in [1.165, 1.54) is 37.9 Å². The van der Waals surface area contributed by atoms with Crippen LogP contribution in [0, 0.1) is 0 Å². The number of hydrogen-bond acceptors (Lipinski definition) is 15. The number of phenolic OH excluding ortho intramolecular Hbond substituents is 1. The van der Waals surface area contributed by atoms with Crippen LogP contribution in [0.4, 0.5) is 0 Å². The van der Waals surface area contributed by atoms with Gasteiger partial charge < -0.3 is 74.3 Å². The zero-order chi connectivity index (χ0) is 54.1. The van der Waals surface area contributed by atoms with Crippen molar-refractivity contribution in [2.24, 2.45) is 17.2 Å². The Morgan fingerprint density at radius 3 is 2.11 bits per heavy atom. The lowest BCUT2D eigenvalue weighted by Gasteiger charge is -2.33. The number of fused-ring (bicyclic) bond motifs is 1. The monoisotopic (exact) mass is 1060 g/mol. The Kier molecular flexibility index (Phi) is 22.1. The summed E-state index contributed by atoms with van der Waals surface area (Å²) in [6.07, 6.45) is -0.702. The first-order valence-corrected chi connectivity index (χ1v) is 26.6. The number of phenols is 1. The summed E-state index contributed by atoms with van der Waals surface area (Å²) < 4.78 is 0. The molecular weight excluding hydrogens is 995 g/mol. The summed E-state index contributed by atoms with van der Waals surface area (Å²) in [5.41, 5.74) is 20.3. The molecule has 8 amide bonds. The van der Waals surface area contributed by atoms with Gasteiger partial charge in [0, 0.05) is 48.5 Å². The van der Waals surface area contributed by atoms with Gasteiger partial charge in [-0.05, 0) is 81.0 Å². The number of benzene rings is 3. The highest BCUT2D eigenvalue weighted by molar-refractivity contribution is 8.76. The maximum Gasteiger partial charge on any atom is 0.245 e. The number of nitrogens with zero attached hydrogens (tertiary/aromatic N) is 1. The molecule has 400 valence electrons. The molecule has 0 radical (unpaired) electrons. The zero-order valence-electron chi connectivity index (χ0n) is 41.3. The molecule has 1 aliphatic rings. The molecule has 0 aliphatic carbocycles. The SMILES string of the molecule is C[C@@H](O)[C@H](NC(=O)[C@@H]1CSSC[C@H](NC(=O)[C@@H](N)Cc2ccc(O)cc2)C(=O)N[C@@H](Cc2ccccc2)C(=O)N(C)[C@H](Cc2c[nH]c3ccccc23)C(=O)N[C@@H](CCCCN)C(=O)N[C@@H]([C@@H](C)O)C(=O)N1)C(N)=O. The molecule has 74 heavy (non-hydrogen) atoms. The summed E-state index contributed by atoms with van der Waals surface area (Å²) in [5.74, 6) is -7.58. The molecule has 0 bridgehead atoms. The first kappa shape index (κ1) is 58.2. The van der Waals surface area contributed by atoms with Crippen LogP contribution in [0.1, 0.15) is 49.8 Å². The normalized spacial score (nSPS) is 22.5. The molecule has 0 unspecified atom stereocenters. The van der Waals surface area contributed by atoms with Gasteiger partial charge in [0.25, 0.3) is 0 Å². The summed E-state index contributed by atoms with van der Waals surface area (Å²) in [4.78, 5) is 117. The number of aliphatic hydroxyl groups excluding tert-OH is 2. The minimum Gasteiger partial charge on any atom is -0.508 e. The van der Waals surface area contributed by atoms with Crippen LogP contribution in [0.3, 0.4) is 0 Å². The van der Waals surface area contributed by atoms with E-state index in [0.29, 0.717) is 29.5 Å². The molecular formula is C50H67N11O11S2. The third-order valence-corrected chi connectivity index (χ3v) is 14.8. The number of carbonyl (C=O) groups excluding carboxylic acids is 8. The number of unbranched alkanes of at least 4 members (excludes halogenated alkanes) is 1. The van der Waals surface area contributed by atoms with E-state index in [4.69, 9.17) is 17.2 Å². The number of H-pyrrole nitrogens is 1. The summed E-state index contributed by atoms with van der Waals surface area (Å²) in [6.45, 7) is 2.69. The fraction of sp³-hybridized carbons (Fsp3) is 0.440. The molecule has 1 saturated heterocycles. The lowest BCUT2D eigenvalue weighted by atomic mass is 9.99. The molecule has 3 aromatic carbocycles. The van der Waals surface area contributed by atoms with E-state index in [2.05, 4.69) is 36.9 Å². The number of nitrogens with one attached hydrogen (secondary N) is 7. The average molecular weight is 1060 g/mol. The maximum atomic E-state index is 15.1. The second-order valence-electron chi connectivity index (χ2n) is 18.1. The summed E-state index contributed by atoms with van der Waals surface area (Å²) >= 11 is 0. The Morgan fingerprint density at radius 1 is 0.784 bits per heavy atom. The number of hydrogen-bond donors (Lipinski definition) is 13. The van der Waals surface area contributed by atoms with E-state index in [1.54, 1.807) is 48.7 Å². The molecule has 4 aromatic rings. The summed E-state index contributed by atoms with van der Waals surface area (Å²) in [6, 6.07) is 10.6. The third-order valence-electron chi connectivity index (χ3n) is 12.4. The van der Waals surface area contributed by atoms with Gasteiger partial charge in [-0.15, -0.1) is 0 Å². The molecule has 2 heterocycles. The second-order valence-corrected chi connectivity index (χ2v) is 20.7. The van der Waals surface area contributed by atoms with E-state index < -0.39 is 108 Å². The Bertz CT molecular complexity index is 2570. The van der Waals surface area contributed by atoms with Crippen molar-refractivity contribution in [2.45, 2.75) is 113 Å². The van der Waals surface area contributed by atoms with Crippen LogP contribution < -0.4 is 49.1 Å². The van der Waals surface area contributed by atoms with E-state index >= 15 is 4.79 Å². The minimum atomic E-state index is -1.72. The number of aromatic nitrogens is 1. The molecule has 0 spiro atoms. The number of carbonyl (C=O) groups is 8. The molecule has 5 rings (SSSR count). The van der Waals surface area contributed by atoms with Crippen LogP contribution in [0.5, 0.6) is 5.75 Å². The van der Waals surface area contributed by atoms with Crippen LogP contribution in [-0.4, -0.2) is 158 Å². The van der Waals surface area contributed by atoms with Crippen LogP contribution >= 0.6 is 21.6 Å². The minimum absolute atomic E-state index is 0.00315. The molecule has 24 heteroatoms. The fourth-order valence-electron chi connectivity index (χ4n) is 8.12. The number of amides is 8. The first-order chi connectivity index (χ1) is 35.3. The van der Waals surface area contributed by atoms with Gasteiger partial charge in [-0.25, -0.2) is 0 Å². The quantitative estimate of drug-likeness (QED) is 0.0434. The van der Waals surface area contributed by atoms with Crippen molar-refractivity contribution in [3.63, 3.8) is 0 Å². The van der Waals surface area contributed by atoms with E-state index in [-0.39, 0.29) is 49.5 Å². The zero-order valence-corrected chi connectivity index (χ0v) is 43.0. The smallest absolute Gasteiger partial charge is 0.245 e. The van der Waals surface area contributed by atoms with Crippen LogP contribution in [0.15, 0.2) is 85.1 Å². The molecule has 0 saturated carbocycles. The molecule has 1 aliphatic heterocycles. The topological polar surface area (TPSA) is 367 Å². The van der Waals surface area contributed by atoms with Gasteiger partial charge in [-0.3, -0.25) is 38.4 Å². The predicted molar refractivity (Wildman–Crippen MR) is 280 cm³/mol. The Hall–Kier alpha value is -6.70. The Morgan fingerprint density at radius 2 is 1.45 bits per heavy atom. The van der Waals surface area contributed by atoms with Crippen LogP contribution in [0.2, 0.25) is 0 Å². The number of likely N-dealkylation sites (N-methyl/N-ethyl adjacent to an activating group) is 1. The number of aromatic hydroxyl groups is 1. The summed E-state index contributed by atoms with van der Waals surface area (Å²) in [5, 5.41) is 47.4. The van der Waals surface area contributed by atoms with Crippen molar-refractivity contribution in [3.05, 3.63) is 102 Å². The van der Waals surface area contributed by atoms with Crippen molar-refractivity contribution in [2.75, 3.05) is 25.1 Å². The highest BCUT2D eigenvalue weighted by Crippen LogP contribution is 2.25. The van der Waals surface area contributed by atoms with Crippen molar-refractivity contribution in [3.8, 4) is 5.75 Å². The van der Waals surface area contributed by atoms with Gasteiger partial charge in [0.15, 0.2) is 0 Å². The van der Waals surface area contributed by atoms with Gasteiger partial charge >= 0.3 is 0 Å². The number of aromatic amines is 1. The number of primary amides is 1. The highest BCUT2D eigenvalue weighted by Gasteiger charge is 2.38. The van der Waals surface area contributed by atoms with Crippen molar-refractivity contribution in [1.29, 1.82) is 0 Å². The lowest BCUT2D eigenvalue weighted by Crippen LogP contribution is -2.63. The van der Waals surface area contributed by atoms with Crippen LogP contribution in [0.25, 0.3) is 10.9 Å². The van der Waals surface area contributed by atoms with E-state index in [9.17, 15) is 48.9 Å². The highest BCUT2D eigenvalue weighted by atomic mass is 33.1. The summed E-state index contributed by atoms with van der Waals surface area (Å²) in [7, 11) is 3.33. The van der Waals surface area contributed by atoms with Crippen molar-refractivity contribution >= 4 is 79.7 Å². The molecule has 1 aromatic heterocycles. The fourth-order valence-corrected chi connectivity index (χ4v) is 10.5. The standard InChI is InChI=1S/C50H67N11O11S2/c1-27(62)41(43(53)65)59-47(69)39-26-74-73-25-38(57-44(66)34(52)21-30-16-18-32(64)19-17-30)46(68)56-37(22-29-11-5-4-6-12-29)50(72)61(3)40(23-31-24-54-35-14-8-7-13-33(31)35)48(70)55-36(15-9-10-20-51)45(67)60-42(28(2)63)49(71)58-39/h4-8,11-14,16-19,24,27-28,34,36-42,54,62-64H,9-10,15,20-23,25-26,51-52H2,1-3H3,(H2,53,65)(H,55,70)(H,56,68)(H,57,66)(H,58,71)(H,59,69)(H,60,67)/t27-,28-,34+,36+,37+,38+,39+,40-,41+,42+/m1/s1. The average Bonchev–Trinajstić information content (AvgIpc) is 3.78. The first-order valence-electron chi connectivity index (χ1n) is 24.1. The Balaban J connectivity index is 1.60. The van der Waals surface area contributed by atoms with Gasteiger partial charge in [0.05, 0.1) is 18.2 Å². The molecule has 16 N–H and O–H groups in total. The molecule has 1 fully saturated rings. The van der Waals surface area contributed by atoms with Gasteiger partial charge in [-0.1, -0.05) is 82.3 Å². The predicted octanol–water partition coefficient (Wildman–Crippen LogP) is -1.26. The third kappa shape index (κ3) is 16.7. The largest absolute Gasteiger partial charge is 0.508 e. The van der Waals surface area contributed by atoms with Crippen molar-refractivity contribution < 1.29 is 53.7 Å². The Labute approximate surface area is 436 Å². The van der Waals surface area contributed by atoms with Gasteiger partial charge in [0.2, 0.25) is 47.3 Å². The molecule has 10 atom stereocenters. The second kappa shape index (κ2) is 28.1. The van der Waals surface area contributed by atoms with Gasteiger partial charge in [0.1, 0.15) is 48.0 Å². The number of rotatable bonds is 17.